The summed E-state index contributed by atoms with van der Waals surface area (Å²) in [5.41, 5.74) is 2.45. The van der Waals surface area contributed by atoms with Crippen LogP contribution in [0.25, 0.3) is 20.8 Å². The summed E-state index contributed by atoms with van der Waals surface area (Å²) in [6.07, 6.45) is 1.68. The van der Waals surface area contributed by atoms with Crippen LogP contribution in [0.4, 0.5) is 15.9 Å². The summed E-state index contributed by atoms with van der Waals surface area (Å²) in [7, 11) is 1.45. The van der Waals surface area contributed by atoms with Crippen molar-refractivity contribution in [2.75, 3.05) is 12.4 Å². The lowest BCUT2D eigenvalue weighted by atomic mass is 10.2. The third-order valence-corrected chi connectivity index (χ3v) is 4.64. The fourth-order valence-electron chi connectivity index (χ4n) is 2.45. The summed E-state index contributed by atoms with van der Waals surface area (Å²) < 4.78 is 19.8. The molecule has 2 aromatic heterocycles. The molecule has 7 heteroatoms. The van der Waals surface area contributed by atoms with E-state index in [1.165, 1.54) is 24.5 Å². The molecule has 24 heavy (non-hydrogen) atoms. The topological polar surface area (TPSA) is 62.8 Å². The SMILES string of the molecule is COc1cc2sc(-c3ccccc3Nc3ccn[nH]3)nc2cc1F. The van der Waals surface area contributed by atoms with E-state index in [9.17, 15) is 4.39 Å². The minimum absolute atomic E-state index is 0.224. The van der Waals surface area contributed by atoms with Gasteiger partial charge in [-0.3, -0.25) is 5.10 Å². The Kier molecular flexibility index (Phi) is 3.62. The van der Waals surface area contributed by atoms with Crippen LogP contribution < -0.4 is 10.1 Å². The number of nitrogens with zero attached hydrogens (tertiary/aromatic N) is 2. The van der Waals surface area contributed by atoms with Gasteiger partial charge in [0.2, 0.25) is 0 Å². The Bertz CT molecular complexity index is 997. The van der Waals surface area contributed by atoms with E-state index in [4.69, 9.17) is 4.74 Å². The largest absolute Gasteiger partial charge is 0.494 e. The highest BCUT2D eigenvalue weighted by Crippen LogP contribution is 2.37. The zero-order valence-corrected chi connectivity index (χ0v) is 13.5. The number of aromatic nitrogens is 3. The molecule has 2 N–H and O–H groups in total. The number of para-hydroxylation sites is 1. The minimum atomic E-state index is -0.411. The second-order valence-electron chi connectivity index (χ2n) is 5.11. The molecule has 0 atom stereocenters. The van der Waals surface area contributed by atoms with Crippen molar-refractivity contribution in [1.82, 2.24) is 15.2 Å². The van der Waals surface area contributed by atoms with Crippen molar-refractivity contribution in [3.63, 3.8) is 0 Å². The first-order valence-electron chi connectivity index (χ1n) is 7.24. The van der Waals surface area contributed by atoms with Gasteiger partial charge in [0.25, 0.3) is 0 Å². The molecular formula is C17H13FN4OS. The number of nitrogens with one attached hydrogen (secondary N) is 2. The summed E-state index contributed by atoms with van der Waals surface area (Å²) in [6, 6.07) is 12.7. The summed E-state index contributed by atoms with van der Waals surface area (Å²) in [5.74, 6) is 0.601. The lowest BCUT2D eigenvalue weighted by Gasteiger charge is -2.08. The normalized spacial score (nSPS) is 10.9. The molecule has 0 aliphatic carbocycles. The van der Waals surface area contributed by atoms with E-state index in [2.05, 4.69) is 20.5 Å². The molecule has 4 rings (SSSR count). The van der Waals surface area contributed by atoms with Crippen molar-refractivity contribution >= 4 is 33.1 Å². The van der Waals surface area contributed by atoms with Crippen LogP contribution in [0.15, 0.2) is 48.7 Å². The number of thiazole rings is 1. The molecule has 4 aromatic rings. The number of ether oxygens (including phenoxy) is 1. The molecule has 0 fully saturated rings. The maximum absolute atomic E-state index is 13.9. The zero-order chi connectivity index (χ0) is 16.5. The Morgan fingerprint density at radius 3 is 2.88 bits per heavy atom. The van der Waals surface area contributed by atoms with Gasteiger partial charge in [-0.2, -0.15) is 5.10 Å². The molecule has 0 spiro atoms. The van der Waals surface area contributed by atoms with Crippen LogP contribution in [0.5, 0.6) is 5.75 Å². The maximum Gasteiger partial charge on any atom is 0.167 e. The third-order valence-electron chi connectivity index (χ3n) is 3.59. The van der Waals surface area contributed by atoms with Crippen LogP contribution in [0.2, 0.25) is 0 Å². The summed E-state index contributed by atoms with van der Waals surface area (Å²) in [4.78, 5) is 4.57. The van der Waals surface area contributed by atoms with E-state index >= 15 is 0 Å². The van der Waals surface area contributed by atoms with Crippen molar-refractivity contribution in [3.8, 4) is 16.3 Å². The van der Waals surface area contributed by atoms with Crippen molar-refractivity contribution in [2.45, 2.75) is 0 Å². The molecule has 2 aromatic carbocycles. The highest BCUT2D eigenvalue weighted by Gasteiger charge is 2.13. The Hall–Kier alpha value is -2.93. The molecule has 0 radical (unpaired) electrons. The average Bonchev–Trinajstić information content (AvgIpc) is 3.23. The van der Waals surface area contributed by atoms with Crippen molar-refractivity contribution in [3.05, 3.63) is 54.5 Å². The predicted octanol–water partition coefficient (Wildman–Crippen LogP) is 4.58. The predicted molar refractivity (Wildman–Crippen MR) is 93.4 cm³/mol. The fourth-order valence-corrected chi connectivity index (χ4v) is 3.47. The number of methoxy groups -OCH3 is 1. The first-order valence-corrected chi connectivity index (χ1v) is 8.06. The monoisotopic (exact) mass is 340 g/mol. The number of benzene rings is 2. The molecule has 0 amide bonds. The van der Waals surface area contributed by atoms with Gasteiger partial charge in [0, 0.05) is 29.4 Å². The number of aromatic amines is 1. The van der Waals surface area contributed by atoms with E-state index in [-0.39, 0.29) is 5.75 Å². The van der Waals surface area contributed by atoms with Crippen LogP contribution in [0, 0.1) is 5.82 Å². The molecule has 5 nitrogen and oxygen atoms in total. The third kappa shape index (κ3) is 2.59. The van der Waals surface area contributed by atoms with Crippen molar-refractivity contribution in [2.24, 2.45) is 0 Å². The number of fused-ring (bicyclic) bond motifs is 1. The van der Waals surface area contributed by atoms with Crippen LogP contribution in [0.3, 0.4) is 0 Å². The van der Waals surface area contributed by atoms with Gasteiger partial charge in [-0.15, -0.1) is 11.3 Å². The van der Waals surface area contributed by atoms with E-state index in [0.29, 0.717) is 5.52 Å². The highest BCUT2D eigenvalue weighted by molar-refractivity contribution is 7.21. The van der Waals surface area contributed by atoms with Crippen molar-refractivity contribution in [1.29, 1.82) is 0 Å². The molecule has 2 heterocycles. The Morgan fingerprint density at radius 2 is 2.08 bits per heavy atom. The van der Waals surface area contributed by atoms with Crippen LogP contribution in [-0.2, 0) is 0 Å². The van der Waals surface area contributed by atoms with Gasteiger partial charge in [0.1, 0.15) is 10.8 Å². The second kappa shape index (κ2) is 5.93. The number of anilines is 2. The Morgan fingerprint density at radius 1 is 1.21 bits per heavy atom. The van der Waals surface area contributed by atoms with Gasteiger partial charge in [0.15, 0.2) is 11.6 Å². The van der Waals surface area contributed by atoms with Gasteiger partial charge < -0.3 is 10.1 Å². The first kappa shape index (κ1) is 14.6. The standard InChI is InChI=1S/C17H13FN4OS/c1-23-14-9-15-13(8-11(14)18)21-17(24-15)10-4-2-3-5-12(10)20-16-6-7-19-22-16/h2-9H,1H3,(H2,19,20,22). The molecule has 0 bridgehead atoms. The molecular weight excluding hydrogens is 327 g/mol. The second-order valence-corrected chi connectivity index (χ2v) is 6.15. The first-order chi connectivity index (χ1) is 11.7. The van der Waals surface area contributed by atoms with E-state index in [0.717, 1.165) is 26.8 Å². The lowest BCUT2D eigenvalue weighted by Crippen LogP contribution is -1.93. The molecule has 0 aliphatic rings. The summed E-state index contributed by atoms with van der Waals surface area (Å²) >= 11 is 1.49. The zero-order valence-electron chi connectivity index (χ0n) is 12.7. The quantitative estimate of drug-likeness (QED) is 0.571. The minimum Gasteiger partial charge on any atom is -0.494 e. The molecule has 0 aliphatic heterocycles. The summed E-state index contributed by atoms with van der Waals surface area (Å²) in [5, 5.41) is 10.9. The van der Waals surface area contributed by atoms with Gasteiger partial charge in [0.05, 0.1) is 23.5 Å². The van der Waals surface area contributed by atoms with Gasteiger partial charge >= 0.3 is 0 Å². The smallest absolute Gasteiger partial charge is 0.167 e. The molecule has 0 saturated carbocycles. The highest BCUT2D eigenvalue weighted by atomic mass is 32.1. The maximum atomic E-state index is 13.9. The lowest BCUT2D eigenvalue weighted by molar-refractivity contribution is 0.387. The molecule has 120 valence electrons. The Balaban J connectivity index is 1.80. The molecule has 0 unspecified atom stereocenters. The van der Waals surface area contributed by atoms with E-state index in [1.54, 1.807) is 12.3 Å². The van der Waals surface area contributed by atoms with Crippen LogP contribution in [0.1, 0.15) is 0 Å². The van der Waals surface area contributed by atoms with Crippen molar-refractivity contribution < 1.29 is 9.13 Å². The van der Waals surface area contributed by atoms with Gasteiger partial charge in [-0.05, 0) is 12.1 Å². The number of rotatable bonds is 4. The van der Waals surface area contributed by atoms with E-state index in [1.807, 2.05) is 30.3 Å². The Labute approximate surface area is 141 Å². The average molecular weight is 340 g/mol. The fraction of sp³-hybridized carbons (Fsp3) is 0.0588. The van der Waals surface area contributed by atoms with Crippen LogP contribution in [-0.4, -0.2) is 22.3 Å². The number of hydrogen-bond acceptors (Lipinski definition) is 5. The number of hydrogen-bond donors (Lipinski definition) is 2. The van der Waals surface area contributed by atoms with Gasteiger partial charge in [-0.25, -0.2) is 9.37 Å². The number of H-pyrrole nitrogens is 1. The van der Waals surface area contributed by atoms with Crippen LogP contribution >= 0.6 is 11.3 Å². The van der Waals surface area contributed by atoms with E-state index < -0.39 is 5.82 Å². The molecule has 0 saturated heterocycles. The summed E-state index contributed by atoms with van der Waals surface area (Å²) in [6.45, 7) is 0. The van der Waals surface area contributed by atoms with Gasteiger partial charge in [-0.1, -0.05) is 12.1 Å². The number of halogens is 1.